The number of amides is 1. The van der Waals surface area contributed by atoms with Gasteiger partial charge in [0.2, 0.25) is 5.91 Å². The van der Waals surface area contributed by atoms with Gasteiger partial charge in [-0.25, -0.2) is 0 Å². The Kier molecular flexibility index (Phi) is 6.12. The molecule has 1 aromatic rings. The van der Waals surface area contributed by atoms with E-state index in [2.05, 4.69) is 21.9 Å². The molecule has 0 aromatic carbocycles. The highest BCUT2D eigenvalue weighted by Gasteiger charge is 2.30. The summed E-state index contributed by atoms with van der Waals surface area (Å²) < 4.78 is 5.31. The third-order valence-electron chi connectivity index (χ3n) is 5.84. The van der Waals surface area contributed by atoms with Crippen LogP contribution in [0, 0.1) is 6.92 Å². The van der Waals surface area contributed by atoms with Crippen molar-refractivity contribution >= 4 is 5.91 Å². The van der Waals surface area contributed by atoms with Gasteiger partial charge in [-0.2, -0.15) is 0 Å². The number of rotatable bonds is 5. The minimum absolute atomic E-state index is 0.0263. The Balaban J connectivity index is 1.47. The van der Waals surface area contributed by atoms with Crippen molar-refractivity contribution in [3.8, 4) is 0 Å². The summed E-state index contributed by atoms with van der Waals surface area (Å²) in [6.45, 7) is 8.60. The molecule has 0 spiro atoms. The molecule has 0 bridgehead atoms. The normalized spacial score (nSPS) is 22.0. The van der Waals surface area contributed by atoms with Crippen LogP contribution in [-0.4, -0.2) is 71.1 Å². The Morgan fingerprint density at radius 2 is 1.96 bits per heavy atom. The van der Waals surface area contributed by atoms with E-state index >= 15 is 0 Å². The molecule has 0 N–H and O–H groups in total. The van der Waals surface area contributed by atoms with Crippen molar-refractivity contribution in [2.45, 2.75) is 64.6 Å². The largest absolute Gasteiger partial charge is 0.360 e. The number of hydrogen-bond donors (Lipinski definition) is 0. The SMILES string of the molecule is Cc1cc(CN2CCN(C(C)C(=O)N(C)C3CCCCC3)CC2)on1. The molecule has 1 saturated heterocycles. The van der Waals surface area contributed by atoms with Gasteiger partial charge in [0.15, 0.2) is 5.76 Å². The summed E-state index contributed by atoms with van der Waals surface area (Å²) in [5.74, 6) is 1.21. The molecule has 1 aliphatic carbocycles. The molecule has 0 radical (unpaired) electrons. The number of carbonyl (C=O) groups excluding carboxylic acids is 1. The first-order valence-corrected chi connectivity index (χ1v) is 9.70. The second-order valence-electron chi connectivity index (χ2n) is 7.66. The lowest BCUT2D eigenvalue weighted by atomic mass is 9.94. The van der Waals surface area contributed by atoms with Gasteiger partial charge in [-0.3, -0.25) is 14.6 Å². The van der Waals surface area contributed by atoms with E-state index in [0.29, 0.717) is 6.04 Å². The highest BCUT2D eigenvalue weighted by Crippen LogP contribution is 2.23. The van der Waals surface area contributed by atoms with Crippen molar-refractivity contribution in [3.05, 3.63) is 17.5 Å². The Labute approximate surface area is 151 Å². The van der Waals surface area contributed by atoms with E-state index in [1.54, 1.807) is 0 Å². The van der Waals surface area contributed by atoms with E-state index in [1.807, 2.05) is 24.9 Å². The standard InChI is InChI=1S/C19H32N4O2/c1-15-13-18(25-20-15)14-22-9-11-23(12-10-22)16(2)19(24)21(3)17-7-5-4-6-8-17/h13,16-17H,4-12,14H2,1-3H3. The molecule has 3 rings (SSSR count). The monoisotopic (exact) mass is 348 g/mol. The van der Waals surface area contributed by atoms with Gasteiger partial charge in [0.25, 0.3) is 0 Å². The average Bonchev–Trinajstić information content (AvgIpc) is 3.06. The van der Waals surface area contributed by atoms with E-state index in [9.17, 15) is 4.79 Å². The number of carbonyl (C=O) groups is 1. The molecule has 25 heavy (non-hydrogen) atoms. The zero-order valence-corrected chi connectivity index (χ0v) is 15.9. The second-order valence-corrected chi connectivity index (χ2v) is 7.66. The summed E-state index contributed by atoms with van der Waals surface area (Å²) in [6, 6.07) is 2.42. The molecule has 140 valence electrons. The van der Waals surface area contributed by atoms with Gasteiger partial charge in [0.05, 0.1) is 18.3 Å². The Morgan fingerprint density at radius 3 is 2.56 bits per heavy atom. The predicted octanol–water partition coefficient (Wildman–Crippen LogP) is 2.28. The third-order valence-corrected chi connectivity index (χ3v) is 5.84. The van der Waals surface area contributed by atoms with E-state index in [1.165, 1.54) is 32.1 Å². The Hall–Kier alpha value is -1.40. The molecule has 1 amide bonds. The lowest BCUT2D eigenvalue weighted by molar-refractivity contribution is -0.138. The number of aromatic nitrogens is 1. The third kappa shape index (κ3) is 4.61. The minimum atomic E-state index is -0.0263. The molecule has 1 unspecified atom stereocenters. The number of aryl methyl sites for hydroxylation is 1. The maximum absolute atomic E-state index is 12.9. The molecule has 2 heterocycles. The summed E-state index contributed by atoms with van der Waals surface area (Å²) in [6.07, 6.45) is 6.17. The fraction of sp³-hybridized carbons (Fsp3) is 0.789. The van der Waals surface area contributed by atoms with Crippen LogP contribution in [0.15, 0.2) is 10.6 Å². The highest BCUT2D eigenvalue weighted by atomic mass is 16.5. The molecular formula is C19H32N4O2. The van der Waals surface area contributed by atoms with Gasteiger partial charge in [-0.1, -0.05) is 24.4 Å². The zero-order valence-electron chi connectivity index (χ0n) is 15.9. The smallest absolute Gasteiger partial charge is 0.239 e. The van der Waals surface area contributed by atoms with Crippen molar-refractivity contribution in [3.63, 3.8) is 0 Å². The molecule has 1 aliphatic heterocycles. The summed E-state index contributed by atoms with van der Waals surface area (Å²) in [4.78, 5) is 19.6. The molecule has 2 aliphatic rings. The number of likely N-dealkylation sites (N-methyl/N-ethyl adjacent to an activating group) is 1. The van der Waals surface area contributed by atoms with Crippen LogP contribution >= 0.6 is 0 Å². The molecule has 2 fully saturated rings. The quantitative estimate of drug-likeness (QED) is 0.817. The number of nitrogens with zero attached hydrogens (tertiary/aromatic N) is 4. The van der Waals surface area contributed by atoms with Crippen molar-refractivity contribution < 1.29 is 9.32 Å². The maximum atomic E-state index is 12.9. The fourth-order valence-electron chi connectivity index (χ4n) is 4.12. The summed E-state index contributed by atoms with van der Waals surface area (Å²) in [5, 5.41) is 3.95. The van der Waals surface area contributed by atoms with Crippen LogP contribution < -0.4 is 0 Å². The first kappa shape index (κ1) is 18.4. The first-order valence-electron chi connectivity index (χ1n) is 9.70. The van der Waals surface area contributed by atoms with E-state index < -0.39 is 0 Å². The van der Waals surface area contributed by atoms with Crippen LogP contribution in [0.2, 0.25) is 0 Å². The van der Waals surface area contributed by atoms with Gasteiger partial charge in [-0.05, 0) is 26.7 Å². The van der Waals surface area contributed by atoms with Crippen molar-refractivity contribution in [1.82, 2.24) is 19.9 Å². The minimum Gasteiger partial charge on any atom is -0.360 e. The summed E-state index contributed by atoms with van der Waals surface area (Å²) >= 11 is 0. The summed E-state index contributed by atoms with van der Waals surface area (Å²) in [5.41, 5.74) is 0.929. The van der Waals surface area contributed by atoms with Gasteiger partial charge < -0.3 is 9.42 Å². The van der Waals surface area contributed by atoms with E-state index in [0.717, 1.165) is 44.2 Å². The van der Waals surface area contributed by atoms with Crippen molar-refractivity contribution in [2.75, 3.05) is 33.2 Å². The molecule has 1 saturated carbocycles. The molecule has 1 atom stereocenters. The molecular weight excluding hydrogens is 316 g/mol. The zero-order chi connectivity index (χ0) is 17.8. The Morgan fingerprint density at radius 1 is 1.28 bits per heavy atom. The molecule has 1 aromatic heterocycles. The Bertz CT molecular complexity index is 560. The van der Waals surface area contributed by atoms with E-state index in [4.69, 9.17) is 4.52 Å². The van der Waals surface area contributed by atoms with Crippen LogP contribution in [-0.2, 0) is 11.3 Å². The van der Waals surface area contributed by atoms with Crippen molar-refractivity contribution in [2.24, 2.45) is 0 Å². The maximum Gasteiger partial charge on any atom is 0.239 e. The predicted molar refractivity (Wildman–Crippen MR) is 97.2 cm³/mol. The topological polar surface area (TPSA) is 52.8 Å². The van der Waals surface area contributed by atoms with Gasteiger partial charge in [0, 0.05) is 45.3 Å². The van der Waals surface area contributed by atoms with Gasteiger partial charge in [-0.15, -0.1) is 0 Å². The fourth-order valence-corrected chi connectivity index (χ4v) is 4.12. The van der Waals surface area contributed by atoms with Crippen molar-refractivity contribution in [1.29, 1.82) is 0 Å². The van der Waals surface area contributed by atoms with Crippen LogP contribution in [0.25, 0.3) is 0 Å². The summed E-state index contributed by atoms with van der Waals surface area (Å²) in [7, 11) is 2.00. The van der Waals surface area contributed by atoms with Crippen LogP contribution in [0.5, 0.6) is 0 Å². The van der Waals surface area contributed by atoms with Crippen LogP contribution in [0.1, 0.15) is 50.5 Å². The van der Waals surface area contributed by atoms with E-state index in [-0.39, 0.29) is 11.9 Å². The lowest BCUT2D eigenvalue weighted by Gasteiger charge is -2.40. The number of hydrogen-bond acceptors (Lipinski definition) is 5. The lowest BCUT2D eigenvalue weighted by Crippen LogP contribution is -2.55. The molecule has 6 nitrogen and oxygen atoms in total. The van der Waals surface area contributed by atoms with Gasteiger partial charge >= 0.3 is 0 Å². The van der Waals surface area contributed by atoms with Gasteiger partial charge in [0.1, 0.15) is 0 Å². The average molecular weight is 348 g/mol. The first-order chi connectivity index (χ1) is 12.0. The number of piperazine rings is 1. The second kappa shape index (κ2) is 8.32. The van der Waals surface area contributed by atoms with Crippen LogP contribution in [0.3, 0.4) is 0 Å². The van der Waals surface area contributed by atoms with Crippen LogP contribution in [0.4, 0.5) is 0 Å². The highest BCUT2D eigenvalue weighted by molar-refractivity contribution is 5.81. The molecule has 6 heteroatoms.